The number of rotatable bonds is 9. The highest BCUT2D eigenvalue weighted by molar-refractivity contribution is 8.12. The number of halogens is 3. The molecule has 5 nitrogen and oxygen atoms in total. The number of carboxylic acids is 1. The molecule has 1 N–H and O–H groups in total. The van der Waals surface area contributed by atoms with Crippen LogP contribution in [0, 0.1) is 0 Å². The number of amides is 1. The molecular weight excluding hydrogens is 491 g/mol. The van der Waals surface area contributed by atoms with E-state index in [4.69, 9.17) is 4.74 Å². The van der Waals surface area contributed by atoms with E-state index in [9.17, 15) is 27.9 Å². The highest BCUT2D eigenvalue weighted by Crippen LogP contribution is 2.38. The molecule has 0 aliphatic heterocycles. The van der Waals surface area contributed by atoms with E-state index in [1.54, 1.807) is 25.1 Å². The molecule has 3 rings (SSSR count). The molecule has 1 amide bonds. The molecule has 0 aliphatic carbocycles. The summed E-state index contributed by atoms with van der Waals surface area (Å²) >= 11 is 1.08. The van der Waals surface area contributed by atoms with E-state index in [-0.39, 0.29) is 23.8 Å². The van der Waals surface area contributed by atoms with Gasteiger partial charge in [-0.15, -0.1) is 0 Å². The zero-order chi connectivity index (χ0) is 26.3. The second-order valence-electron chi connectivity index (χ2n) is 8.03. The molecule has 9 heteroatoms. The van der Waals surface area contributed by atoms with Crippen LogP contribution in [-0.4, -0.2) is 34.9 Å². The van der Waals surface area contributed by atoms with Crippen molar-refractivity contribution in [2.24, 2.45) is 0 Å². The summed E-state index contributed by atoms with van der Waals surface area (Å²) in [4.78, 5) is 25.7. The van der Waals surface area contributed by atoms with Gasteiger partial charge in [0.2, 0.25) is 0 Å². The Morgan fingerprint density at radius 1 is 0.972 bits per heavy atom. The van der Waals surface area contributed by atoms with Crippen LogP contribution < -0.4 is 4.74 Å². The lowest BCUT2D eigenvalue weighted by atomic mass is 9.94. The van der Waals surface area contributed by atoms with Gasteiger partial charge in [-0.25, -0.2) is 0 Å². The molecule has 0 radical (unpaired) electrons. The minimum Gasteiger partial charge on any atom is -0.496 e. The SMILES string of the molecule is CCN(Cc1cc(C(F)(F)F)ccc1-c1cc(CC(=O)O)ccc1OC)C(=O)SCc1ccccc1. The number of nitrogens with zero attached hydrogens (tertiary/aromatic N) is 1. The fourth-order valence-corrected chi connectivity index (χ4v) is 4.59. The largest absolute Gasteiger partial charge is 0.496 e. The Bertz CT molecular complexity index is 1220. The van der Waals surface area contributed by atoms with Crippen LogP contribution in [-0.2, 0) is 29.7 Å². The second-order valence-corrected chi connectivity index (χ2v) is 8.96. The van der Waals surface area contributed by atoms with E-state index in [0.717, 1.165) is 29.5 Å². The maximum Gasteiger partial charge on any atom is 0.416 e. The van der Waals surface area contributed by atoms with E-state index in [1.807, 2.05) is 30.3 Å². The van der Waals surface area contributed by atoms with E-state index in [2.05, 4.69) is 0 Å². The first-order valence-electron chi connectivity index (χ1n) is 11.2. The molecular formula is C27H26F3NO4S. The summed E-state index contributed by atoms with van der Waals surface area (Å²) in [5, 5.41) is 8.92. The van der Waals surface area contributed by atoms with Crippen LogP contribution in [0.3, 0.4) is 0 Å². The molecule has 0 fully saturated rings. The highest BCUT2D eigenvalue weighted by atomic mass is 32.2. The lowest BCUT2D eigenvalue weighted by Gasteiger charge is -2.24. The van der Waals surface area contributed by atoms with Gasteiger partial charge in [0.15, 0.2) is 0 Å². The van der Waals surface area contributed by atoms with Crippen LogP contribution in [0.25, 0.3) is 11.1 Å². The molecule has 0 aliphatic rings. The third kappa shape index (κ3) is 7.04. The molecule has 0 bridgehead atoms. The zero-order valence-corrected chi connectivity index (χ0v) is 20.7. The summed E-state index contributed by atoms with van der Waals surface area (Å²) in [5.41, 5.74) is 1.79. The van der Waals surface area contributed by atoms with E-state index >= 15 is 0 Å². The van der Waals surface area contributed by atoms with Crippen LogP contribution in [0.15, 0.2) is 66.7 Å². The molecule has 0 saturated carbocycles. The van der Waals surface area contributed by atoms with Crippen LogP contribution >= 0.6 is 11.8 Å². The summed E-state index contributed by atoms with van der Waals surface area (Å²) < 4.78 is 46.1. The lowest BCUT2D eigenvalue weighted by Crippen LogP contribution is -2.27. The summed E-state index contributed by atoms with van der Waals surface area (Å²) in [6, 6.07) is 17.6. The van der Waals surface area contributed by atoms with Gasteiger partial charge in [-0.3, -0.25) is 9.59 Å². The summed E-state index contributed by atoms with van der Waals surface area (Å²) in [6.45, 7) is 2.01. The van der Waals surface area contributed by atoms with Crippen LogP contribution in [0.4, 0.5) is 18.0 Å². The average Bonchev–Trinajstić information content (AvgIpc) is 2.85. The van der Waals surface area contributed by atoms with Crippen molar-refractivity contribution in [2.45, 2.75) is 31.8 Å². The van der Waals surface area contributed by atoms with Crippen molar-refractivity contribution in [3.05, 3.63) is 89.0 Å². The number of benzene rings is 3. The van der Waals surface area contributed by atoms with Gasteiger partial charge in [-0.1, -0.05) is 54.2 Å². The zero-order valence-electron chi connectivity index (χ0n) is 19.8. The van der Waals surface area contributed by atoms with Crippen molar-refractivity contribution < 1.29 is 32.6 Å². The number of carbonyl (C=O) groups excluding carboxylic acids is 1. The minimum atomic E-state index is -4.56. The number of hydrogen-bond donors (Lipinski definition) is 1. The Morgan fingerprint density at radius 3 is 2.31 bits per heavy atom. The van der Waals surface area contributed by atoms with E-state index < -0.39 is 17.7 Å². The summed E-state index contributed by atoms with van der Waals surface area (Å²) in [5.74, 6) is -0.202. The van der Waals surface area contributed by atoms with Crippen molar-refractivity contribution >= 4 is 23.0 Å². The summed E-state index contributed by atoms with van der Waals surface area (Å²) in [6.07, 6.45) is -4.81. The predicted octanol–water partition coefficient (Wildman–Crippen LogP) is 6.88. The van der Waals surface area contributed by atoms with Gasteiger partial charge in [0.05, 0.1) is 19.1 Å². The molecule has 36 heavy (non-hydrogen) atoms. The molecule has 0 saturated heterocycles. The van der Waals surface area contributed by atoms with Gasteiger partial charge >= 0.3 is 12.1 Å². The number of aliphatic carboxylic acids is 1. The van der Waals surface area contributed by atoms with Crippen molar-refractivity contribution in [3.8, 4) is 16.9 Å². The Morgan fingerprint density at radius 2 is 1.69 bits per heavy atom. The normalized spacial score (nSPS) is 11.2. The Labute approximate surface area is 211 Å². The van der Waals surface area contributed by atoms with Crippen molar-refractivity contribution in [3.63, 3.8) is 0 Å². The maximum atomic E-state index is 13.6. The first-order chi connectivity index (χ1) is 17.1. The number of carbonyl (C=O) groups is 2. The minimum absolute atomic E-state index is 0.0529. The third-order valence-electron chi connectivity index (χ3n) is 5.55. The Balaban J connectivity index is 1.99. The molecule has 0 heterocycles. The molecule has 3 aromatic rings. The van der Waals surface area contributed by atoms with Crippen molar-refractivity contribution in [2.75, 3.05) is 13.7 Å². The monoisotopic (exact) mass is 517 g/mol. The average molecular weight is 518 g/mol. The number of thioether (sulfide) groups is 1. The molecule has 3 aromatic carbocycles. The lowest BCUT2D eigenvalue weighted by molar-refractivity contribution is -0.138. The first-order valence-corrected chi connectivity index (χ1v) is 12.2. The molecule has 190 valence electrons. The van der Waals surface area contributed by atoms with Crippen LogP contribution in [0.2, 0.25) is 0 Å². The van der Waals surface area contributed by atoms with E-state index in [1.165, 1.54) is 18.1 Å². The van der Waals surface area contributed by atoms with E-state index in [0.29, 0.717) is 34.7 Å². The molecule has 0 unspecified atom stereocenters. The van der Waals surface area contributed by atoms with Crippen LogP contribution in [0.1, 0.15) is 29.2 Å². The number of carboxylic acid groups (broad SMARTS) is 1. The van der Waals surface area contributed by atoms with Gasteiger partial charge in [0.1, 0.15) is 5.75 Å². The van der Waals surface area contributed by atoms with Gasteiger partial charge in [-0.2, -0.15) is 13.2 Å². The Kier molecular flexibility index (Phi) is 9.03. The summed E-state index contributed by atoms with van der Waals surface area (Å²) in [7, 11) is 1.43. The third-order valence-corrected chi connectivity index (χ3v) is 6.53. The number of hydrogen-bond acceptors (Lipinski definition) is 4. The topological polar surface area (TPSA) is 66.8 Å². The Hall–Kier alpha value is -3.46. The molecule has 0 spiro atoms. The maximum absolute atomic E-state index is 13.6. The number of ether oxygens (including phenoxy) is 1. The first kappa shape index (κ1) is 27.1. The number of alkyl halides is 3. The van der Waals surface area contributed by atoms with Gasteiger partial charge in [-0.05, 0) is 53.4 Å². The standard InChI is InChI=1S/C27H26F3NO4S/c1-3-31(26(34)36-17-18-7-5-4-6-8-18)16-20-15-21(27(28,29)30)10-11-22(20)23-13-19(14-25(32)33)9-12-24(23)35-2/h4-13,15H,3,14,16-17H2,1-2H3,(H,32,33). The highest BCUT2D eigenvalue weighted by Gasteiger charge is 2.31. The van der Waals surface area contributed by atoms with Gasteiger partial charge < -0.3 is 14.7 Å². The quantitative estimate of drug-likeness (QED) is 0.335. The molecule has 0 atom stereocenters. The van der Waals surface area contributed by atoms with Crippen molar-refractivity contribution in [1.29, 1.82) is 0 Å². The second kappa shape index (κ2) is 12.0. The smallest absolute Gasteiger partial charge is 0.416 e. The van der Waals surface area contributed by atoms with Crippen molar-refractivity contribution in [1.82, 2.24) is 4.90 Å². The fourth-order valence-electron chi connectivity index (χ4n) is 3.74. The van der Waals surface area contributed by atoms with Crippen LogP contribution in [0.5, 0.6) is 5.75 Å². The number of methoxy groups -OCH3 is 1. The van der Waals surface area contributed by atoms with Gasteiger partial charge in [0.25, 0.3) is 5.24 Å². The molecule has 0 aromatic heterocycles. The predicted molar refractivity (Wildman–Crippen MR) is 134 cm³/mol. The fraction of sp³-hybridized carbons (Fsp3) is 0.259. The van der Waals surface area contributed by atoms with Gasteiger partial charge in [0, 0.05) is 24.4 Å².